The Balaban J connectivity index is 1.56. The quantitative estimate of drug-likeness (QED) is 0.712. The van der Waals surface area contributed by atoms with Crippen molar-refractivity contribution in [2.75, 3.05) is 18.0 Å². The number of anilines is 1. The Kier molecular flexibility index (Phi) is 3.85. The van der Waals surface area contributed by atoms with Crippen LogP contribution in [0.3, 0.4) is 0 Å². The van der Waals surface area contributed by atoms with Gasteiger partial charge in [-0.1, -0.05) is 12.1 Å². The van der Waals surface area contributed by atoms with E-state index < -0.39 is 11.6 Å². The lowest BCUT2D eigenvalue weighted by Crippen LogP contribution is -2.33. The minimum atomic E-state index is -0.815. The summed E-state index contributed by atoms with van der Waals surface area (Å²) in [5, 5.41) is 9.51. The minimum Gasteiger partial charge on any atom is -0.354 e. The van der Waals surface area contributed by atoms with Gasteiger partial charge in [0.2, 0.25) is 0 Å². The molecule has 126 valence electrons. The number of imidazole rings is 1. The zero-order valence-electron chi connectivity index (χ0n) is 13.5. The summed E-state index contributed by atoms with van der Waals surface area (Å²) in [6, 6.07) is 12.0. The maximum absolute atomic E-state index is 13.5. The highest BCUT2D eigenvalue weighted by Crippen LogP contribution is 2.32. The number of aromatic nitrogens is 2. The van der Waals surface area contributed by atoms with Crippen LogP contribution in [0.1, 0.15) is 30.0 Å². The number of nitriles is 1. The molecule has 25 heavy (non-hydrogen) atoms. The van der Waals surface area contributed by atoms with Gasteiger partial charge in [0.15, 0.2) is 23.1 Å². The van der Waals surface area contributed by atoms with E-state index in [0.717, 1.165) is 37.1 Å². The predicted molar refractivity (Wildman–Crippen MR) is 90.5 cm³/mol. The van der Waals surface area contributed by atoms with Crippen LogP contribution >= 0.6 is 0 Å². The molecule has 0 spiro atoms. The first-order chi connectivity index (χ1) is 12.2. The van der Waals surface area contributed by atoms with Gasteiger partial charge in [0.25, 0.3) is 0 Å². The first-order valence-corrected chi connectivity index (χ1v) is 8.24. The van der Waals surface area contributed by atoms with Gasteiger partial charge in [0.1, 0.15) is 11.7 Å². The van der Waals surface area contributed by atoms with Gasteiger partial charge >= 0.3 is 0 Å². The average molecular weight is 338 g/mol. The highest BCUT2D eigenvalue weighted by Gasteiger charge is 2.25. The largest absolute Gasteiger partial charge is 0.354 e. The second-order valence-electron chi connectivity index (χ2n) is 6.26. The average Bonchev–Trinajstić information content (AvgIpc) is 3.03. The van der Waals surface area contributed by atoms with Crippen molar-refractivity contribution in [1.82, 2.24) is 9.38 Å². The summed E-state index contributed by atoms with van der Waals surface area (Å²) < 4.78 is 28.4. The van der Waals surface area contributed by atoms with E-state index in [1.54, 1.807) is 10.5 Å². The number of hydrogen-bond donors (Lipinski definition) is 0. The molecule has 0 N–H and O–H groups in total. The van der Waals surface area contributed by atoms with Crippen LogP contribution in [0.5, 0.6) is 0 Å². The monoisotopic (exact) mass is 338 g/mol. The Bertz CT molecular complexity index is 965. The maximum Gasteiger partial charge on any atom is 0.169 e. The highest BCUT2D eigenvalue weighted by molar-refractivity contribution is 5.60. The molecule has 1 saturated heterocycles. The molecule has 1 aliphatic heterocycles. The van der Waals surface area contributed by atoms with E-state index in [-0.39, 0.29) is 5.92 Å². The van der Waals surface area contributed by atoms with Crippen LogP contribution in [0.25, 0.3) is 5.65 Å². The van der Waals surface area contributed by atoms with Gasteiger partial charge < -0.3 is 4.90 Å². The molecule has 3 aromatic rings. The fourth-order valence-electron chi connectivity index (χ4n) is 3.50. The number of rotatable bonds is 2. The molecule has 4 nitrogen and oxygen atoms in total. The lowest BCUT2D eigenvalue weighted by Gasteiger charge is -2.32. The molecule has 0 bridgehead atoms. The summed E-state index contributed by atoms with van der Waals surface area (Å²) >= 11 is 0. The van der Waals surface area contributed by atoms with E-state index in [1.165, 1.54) is 12.1 Å². The summed E-state index contributed by atoms with van der Waals surface area (Å²) in [6.45, 7) is 1.45. The highest BCUT2D eigenvalue weighted by atomic mass is 19.2. The Labute approximate surface area is 143 Å². The van der Waals surface area contributed by atoms with Crippen molar-refractivity contribution in [3.8, 4) is 6.07 Å². The Morgan fingerprint density at radius 3 is 2.60 bits per heavy atom. The van der Waals surface area contributed by atoms with Crippen molar-refractivity contribution in [2.24, 2.45) is 0 Å². The Morgan fingerprint density at radius 1 is 1.08 bits per heavy atom. The number of benzene rings is 1. The van der Waals surface area contributed by atoms with Crippen LogP contribution in [-0.2, 0) is 0 Å². The summed E-state index contributed by atoms with van der Waals surface area (Å²) in [5.74, 6) is -0.733. The van der Waals surface area contributed by atoms with Gasteiger partial charge in [-0.05, 0) is 48.6 Å². The summed E-state index contributed by atoms with van der Waals surface area (Å²) in [4.78, 5) is 6.69. The maximum atomic E-state index is 13.5. The normalized spacial score (nSPS) is 15.5. The number of piperidine rings is 1. The Morgan fingerprint density at radius 2 is 1.88 bits per heavy atom. The zero-order valence-corrected chi connectivity index (χ0v) is 13.5. The molecule has 1 aromatic carbocycles. The number of hydrogen-bond acceptors (Lipinski definition) is 3. The molecule has 1 aliphatic rings. The van der Waals surface area contributed by atoms with E-state index in [9.17, 15) is 14.0 Å². The van der Waals surface area contributed by atoms with E-state index in [0.29, 0.717) is 11.5 Å². The molecule has 0 radical (unpaired) electrons. The third-order valence-electron chi connectivity index (χ3n) is 4.83. The van der Waals surface area contributed by atoms with Gasteiger partial charge in [0.05, 0.1) is 0 Å². The molecule has 0 saturated carbocycles. The molecule has 2 aromatic heterocycles. The third-order valence-corrected chi connectivity index (χ3v) is 4.83. The summed E-state index contributed by atoms with van der Waals surface area (Å²) in [5.41, 5.74) is 2.10. The number of halogens is 2. The fraction of sp³-hybridized carbons (Fsp3) is 0.263. The molecule has 0 amide bonds. The van der Waals surface area contributed by atoms with Gasteiger partial charge in [0, 0.05) is 19.3 Å². The third kappa shape index (κ3) is 2.72. The first kappa shape index (κ1) is 15.6. The fourth-order valence-corrected chi connectivity index (χ4v) is 3.50. The van der Waals surface area contributed by atoms with E-state index in [1.807, 2.05) is 24.4 Å². The molecular weight excluding hydrogens is 322 g/mol. The van der Waals surface area contributed by atoms with Crippen LogP contribution < -0.4 is 4.90 Å². The molecule has 6 heteroatoms. The van der Waals surface area contributed by atoms with Crippen molar-refractivity contribution in [3.63, 3.8) is 0 Å². The lowest BCUT2D eigenvalue weighted by atomic mass is 9.89. The van der Waals surface area contributed by atoms with Crippen molar-refractivity contribution in [2.45, 2.75) is 18.8 Å². The van der Waals surface area contributed by atoms with Gasteiger partial charge in [-0.3, -0.25) is 4.40 Å². The van der Waals surface area contributed by atoms with Crippen molar-refractivity contribution < 1.29 is 8.78 Å². The van der Waals surface area contributed by atoms with Crippen molar-refractivity contribution in [1.29, 1.82) is 5.26 Å². The van der Waals surface area contributed by atoms with Crippen LogP contribution in [0.2, 0.25) is 0 Å². The zero-order chi connectivity index (χ0) is 17.4. The van der Waals surface area contributed by atoms with Crippen LogP contribution in [0, 0.1) is 23.0 Å². The standard InChI is InChI=1S/C19H16F2N4/c20-15-5-4-14(11-16(15)21)13-6-9-24(10-7-13)19-17(12-22)25-8-2-1-3-18(25)23-19/h1-5,8,11,13H,6-7,9-10H2. The van der Waals surface area contributed by atoms with Gasteiger partial charge in [-0.25, -0.2) is 13.8 Å². The first-order valence-electron chi connectivity index (χ1n) is 8.24. The summed E-state index contributed by atoms with van der Waals surface area (Å²) in [6.07, 6.45) is 3.45. The van der Waals surface area contributed by atoms with E-state index >= 15 is 0 Å². The molecule has 1 fully saturated rings. The molecule has 0 unspecified atom stereocenters. The lowest BCUT2D eigenvalue weighted by molar-refractivity contribution is 0.484. The van der Waals surface area contributed by atoms with Crippen LogP contribution in [-0.4, -0.2) is 22.5 Å². The minimum absolute atomic E-state index is 0.189. The van der Waals surface area contributed by atoms with Crippen LogP contribution in [0.15, 0.2) is 42.6 Å². The molecular formula is C19H16F2N4. The predicted octanol–water partition coefficient (Wildman–Crippen LogP) is 3.87. The van der Waals surface area contributed by atoms with E-state index in [4.69, 9.17) is 0 Å². The van der Waals surface area contributed by atoms with Crippen molar-refractivity contribution in [3.05, 3.63) is 65.5 Å². The smallest absolute Gasteiger partial charge is 0.169 e. The van der Waals surface area contributed by atoms with Gasteiger partial charge in [-0.2, -0.15) is 5.26 Å². The van der Waals surface area contributed by atoms with E-state index in [2.05, 4.69) is 16.0 Å². The SMILES string of the molecule is N#Cc1c(N2CCC(c3ccc(F)c(F)c3)CC2)nc2ccccn12. The topological polar surface area (TPSA) is 44.3 Å². The van der Waals surface area contributed by atoms with Crippen molar-refractivity contribution >= 4 is 11.5 Å². The second-order valence-corrected chi connectivity index (χ2v) is 6.26. The molecule has 4 rings (SSSR count). The Hall–Kier alpha value is -2.94. The van der Waals surface area contributed by atoms with Crippen LogP contribution in [0.4, 0.5) is 14.6 Å². The molecule has 0 aliphatic carbocycles. The molecule has 0 atom stereocenters. The second kappa shape index (κ2) is 6.17. The number of fused-ring (bicyclic) bond motifs is 1. The number of nitrogens with zero attached hydrogens (tertiary/aromatic N) is 4. The summed E-state index contributed by atoms with van der Waals surface area (Å²) in [7, 11) is 0. The number of pyridine rings is 1. The van der Waals surface area contributed by atoms with Gasteiger partial charge in [-0.15, -0.1) is 0 Å². The molecule has 3 heterocycles.